The SMILES string of the molecule is O=C(O)C1(c2cc(CO)cc([N+](=O)[O-])c2O)CCC1. The Morgan fingerprint density at radius 3 is 2.42 bits per heavy atom. The lowest BCUT2D eigenvalue weighted by molar-refractivity contribution is -0.386. The maximum atomic E-state index is 11.4. The Morgan fingerprint density at radius 1 is 1.42 bits per heavy atom. The van der Waals surface area contributed by atoms with E-state index in [1.165, 1.54) is 6.07 Å². The van der Waals surface area contributed by atoms with Crippen molar-refractivity contribution in [2.24, 2.45) is 0 Å². The smallest absolute Gasteiger partial charge is 0.314 e. The largest absolute Gasteiger partial charge is 0.502 e. The van der Waals surface area contributed by atoms with Crippen molar-refractivity contribution in [2.75, 3.05) is 0 Å². The molecule has 0 aliphatic heterocycles. The second-order valence-corrected chi connectivity index (χ2v) is 4.67. The van der Waals surface area contributed by atoms with Crippen LogP contribution in [0.25, 0.3) is 0 Å². The van der Waals surface area contributed by atoms with Crippen LogP contribution in [0.15, 0.2) is 12.1 Å². The molecule has 102 valence electrons. The van der Waals surface area contributed by atoms with Crippen molar-refractivity contribution in [1.29, 1.82) is 0 Å². The van der Waals surface area contributed by atoms with Gasteiger partial charge in [0, 0.05) is 11.6 Å². The van der Waals surface area contributed by atoms with Crippen molar-refractivity contribution in [1.82, 2.24) is 0 Å². The zero-order chi connectivity index (χ0) is 14.2. The summed E-state index contributed by atoms with van der Waals surface area (Å²) in [6.07, 6.45) is 1.33. The Kier molecular flexibility index (Phi) is 3.15. The molecule has 0 atom stereocenters. The number of aliphatic carboxylic acids is 1. The molecular formula is C12H13NO6. The van der Waals surface area contributed by atoms with Gasteiger partial charge in [-0.05, 0) is 24.5 Å². The number of benzene rings is 1. The summed E-state index contributed by atoms with van der Waals surface area (Å²) < 4.78 is 0. The third-order valence-electron chi connectivity index (χ3n) is 3.66. The number of hydrogen-bond acceptors (Lipinski definition) is 5. The summed E-state index contributed by atoms with van der Waals surface area (Å²) in [7, 11) is 0. The number of aliphatic hydroxyl groups excluding tert-OH is 1. The van der Waals surface area contributed by atoms with E-state index in [0.29, 0.717) is 19.3 Å². The van der Waals surface area contributed by atoms with E-state index >= 15 is 0 Å². The number of aliphatic hydroxyl groups is 1. The fraction of sp³-hybridized carbons (Fsp3) is 0.417. The number of nitrogens with zero attached hydrogens (tertiary/aromatic N) is 1. The van der Waals surface area contributed by atoms with Crippen LogP contribution in [0.3, 0.4) is 0 Å². The highest BCUT2D eigenvalue weighted by Crippen LogP contribution is 2.49. The van der Waals surface area contributed by atoms with Crippen LogP contribution in [-0.4, -0.2) is 26.2 Å². The normalized spacial score (nSPS) is 16.7. The molecule has 2 rings (SSSR count). The number of rotatable bonds is 4. The van der Waals surface area contributed by atoms with Gasteiger partial charge < -0.3 is 15.3 Å². The predicted octanol–water partition coefficient (Wildman–Crippen LogP) is 1.30. The predicted molar refractivity (Wildman–Crippen MR) is 63.8 cm³/mol. The molecule has 0 unspecified atom stereocenters. The van der Waals surface area contributed by atoms with Crippen LogP contribution < -0.4 is 0 Å². The van der Waals surface area contributed by atoms with Gasteiger partial charge in [-0.3, -0.25) is 14.9 Å². The number of nitro groups is 1. The molecule has 1 fully saturated rings. The molecular weight excluding hydrogens is 254 g/mol. The molecule has 0 radical (unpaired) electrons. The summed E-state index contributed by atoms with van der Waals surface area (Å²) in [6.45, 7) is -0.455. The average Bonchev–Trinajstić information content (AvgIpc) is 2.28. The number of phenolic OH excluding ortho intramolecular Hbond substituents is 1. The van der Waals surface area contributed by atoms with Crippen molar-refractivity contribution in [2.45, 2.75) is 31.3 Å². The minimum atomic E-state index is -1.28. The van der Waals surface area contributed by atoms with Gasteiger partial charge in [0.05, 0.1) is 16.9 Å². The summed E-state index contributed by atoms with van der Waals surface area (Å²) in [5.74, 6) is -1.73. The van der Waals surface area contributed by atoms with Gasteiger partial charge in [-0.1, -0.05) is 6.42 Å². The molecule has 0 amide bonds. The summed E-state index contributed by atoms with van der Waals surface area (Å²) in [5, 5.41) is 39.2. The van der Waals surface area contributed by atoms with Gasteiger partial charge in [0.1, 0.15) is 0 Å². The summed E-state index contributed by atoms with van der Waals surface area (Å²) in [6, 6.07) is 2.38. The van der Waals surface area contributed by atoms with E-state index in [0.717, 1.165) is 6.07 Å². The first-order chi connectivity index (χ1) is 8.92. The van der Waals surface area contributed by atoms with Crippen molar-refractivity contribution < 1.29 is 25.0 Å². The second-order valence-electron chi connectivity index (χ2n) is 4.67. The van der Waals surface area contributed by atoms with E-state index in [1.807, 2.05) is 0 Å². The third-order valence-corrected chi connectivity index (χ3v) is 3.66. The minimum absolute atomic E-state index is 0.0181. The molecule has 1 aliphatic rings. The Morgan fingerprint density at radius 2 is 2.05 bits per heavy atom. The fourth-order valence-corrected chi connectivity index (χ4v) is 2.40. The van der Waals surface area contributed by atoms with E-state index in [9.17, 15) is 25.1 Å². The molecule has 0 heterocycles. The highest BCUT2D eigenvalue weighted by Gasteiger charge is 2.48. The van der Waals surface area contributed by atoms with Crippen molar-refractivity contribution >= 4 is 11.7 Å². The molecule has 3 N–H and O–H groups in total. The first-order valence-electron chi connectivity index (χ1n) is 5.77. The summed E-state index contributed by atoms with van der Waals surface area (Å²) >= 11 is 0. The maximum absolute atomic E-state index is 11.4. The van der Waals surface area contributed by atoms with Crippen LogP contribution in [0.1, 0.15) is 30.4 Å². The molecule has 1 aromatic carbocycles. The molecule has 0 aromatic heterocycles. The number of carboxylic acid groups (broad SMARTS) is 1. The van der Waals surface area contributed by atoms with E-state index < -0.39 is 34.4 Å². The monoisotopic (exact) mass is 267 g/mol. The van der Waals surface area contributed by atoms with Gasteiger partial charge in [-0.2, -0.15) is 0 Å². The molecule has 0 saturated heterocycles. The molecule has 0 spiro atoms. The third kappa shape index (κ3) is 1.91. The molecule has 19 heavy (non-hydrogen) atoms. The maximum Gasteiger partial charge on any atom is 0.314 e. The number of phenols is 1. The van der Waals surface area contributed by atoms with E-state index in [2.05, 4.69) is 0 Å². The second kappa shape index (κ2) is 4.51. The zero-order valence-corrected chi connectivity index (χ0v) is 10.00. The molecule has 7 nitrogen and oxygen atoms in total. The zero-order valence-electron chi connectivity index (χ0n) is 10.00. The quantitative estimate of drug-likeness (QED) is 0.558. The first kappa shape index (κ1) is 13.3. The van der Waals surface area contributed by atoms with Crippen LogP contribution in [0.5, 0.6) is 5.75 Å². The van der Waals surface area contributed by atoms with Crippen LogP contribution in [0.2, 0.25) is 0 Å². The molecule has 1 aromatic rings. The van der Waals surface area contributed by atoms with Crippen LogP contribution in [0.4, 0.5) is 5.69 Å². The Bertz CT molecular complexity index is 549. The lowest BCUT2D eigenvalue weighted by Gasteiger charge is -2.38. The van der Waals surface area contributed by atoms with Gasteiger partial charge in [0.2, 0.25) is 0 Å². The highest BCUT2D eigenvalue weighted by atomic mass is 16.6. The van der Waals surface area contributed by atoms with Crippen molar-refractivity contribution in [3.63, 3.8) is 0 Å². The highest BCUT2D eigenvalue weighted by molar-refractivity contribution is 5.84. The van der Waals surface area contributed by atoms with E-state index in [4.69, 9.17) is 5.11 Å². The van der Waals surface area contributed by atoms with Gasteiger partial charge in [0.25, 0.3) is 0 Å². The van der Waals surface area contributed by atoms with E-state index in [1.54, 1.807) is 0 Å². The van der Waals surface area contributed by atoms with Crippen LogP contribution in [-0.2, 0) is 16.8 Å². The number of nitro benzene ring substituents is 1. The fourth-order valence-electron chi connectivity index (χ4n) is 2.40. The standard InChI is InChI=1S/C12H13NO6/c14-6-7-4-8(10(15)9(5-7)13(18)19)12(11(16)17)2-1-3-12/h4-5,14-15H,1-3,6H2,(H,16,17). The Labute approximate surface area is 108 Å². The Balaban J connectivity index is 2.65. The van der Waals surface area contributed by atoms with Gasteiger partial charge in [-0.15, -0.1) is 0 Å². The molecule has 1 saturated carbocycles. The van der Waals surface area contributed by atoms with Gasteiger partial charge in [-0.25, -0.2) is 0 Å². The average molecular weight is 267 g/mol. The minimum Gasteiger partial charge on any atom is -0.502 e. The lowest BCUT2D eigenvalue weighted by atomic mass is 9.64. The van der Waals surface area contributed by atoms with Gasteiger partial charge in [0.15, 0.2) is 5.75 Å². The lowest BCUT2D eigenvalue weighted by Crippen LogP contribution is -2.42. The van der Waals surface area contributed by atoms with Crippen molar-refractivity contribution in [3.05, 3.63) is 33.4 Å². The van der Waals surface area contributed by atoms with Crippen LogP contribution >= 0.6 is 0 Å². The van der Waals surface area contributed by atoms with E-state index in [-0.39, 0.29) is 11.1 Å². The molecule has 0 bridgehead atoms. The topological polar surface area (TPSA) is 121 Å². The number of carboxylic acids is 1. The molecule has 7 heteroatoms. The van der Waals surface area contributed by atoms with Gasteiger partial charge >= 0.3 is 11.7 Å². The number of carbonyl (C=O) groups is 1. The van der Waals surface area contributed by atoms with Crippen LogP contribution in [0, 0.1) is 10.1 Å². The first-order valence-corrected chi connectivity index (χ1v) is 5.77. The summed E-state index contributed by atoms with van der Waals surface area (Å²) in [4.78, 5) is 21.5. The summed E-state index contributed by atoms with van der Waals surface area (Å²) in [5.41, 5.74) is -1.62. The number of aromatic hydroxyl groups is 1. The van der Waals surface area contributed by atoms with Crippen molar-refractivity contribution in [3.8, 4) is 5.75 Å². The molecule has 1 aliphatic carbocycles. The number of hydrogen-bond donors (Lipinski definition) is 3. The Hall–Kier alpha value is -2.15.